The number of allylic oxidation sites excluding steroid dienone is 2. The van der Waals surface area contributed by atoms with E-state index in [1.807, 2.05) is 18.2 Å². The van der Waals surface area contributed by atoms with Crippen molar-refractivity contribution in [1.82, 2.24) is 16.4 Å². The van der Waals surface area contributed by atoms with Crippen LogP contribution in [0, 0.1) is 11.8 Å². The van der Waals surface area contributed by atoms with Crippen molar-refractivity contribution in [1.29, 1.82) is 0 Å². The van der Waals surface area contributed by atoms with Gasteiger partial charge in [0.2, 0.25) is 0 Å². The van der Waals surface area contributed by atoms with Gasteiger partial charge in [-0.1, -0.05) is 50.5 Å². The summed E-state index contributed by atoms with van der Waals surface area (Å²) >= 11 is 0. The first-order valence-electron chi connectivity index (χ1n) is 10.7. The lowest BCUT2D eigenvalue weighted by Crippen LogP contribution is -2.32. The number of hydrogen-bond donors (Lipinski definition) is 6. The predicted molar refractivity (Wildman–Crippen MR) is 111 cm³/mol. The van der Waals surface area contributed by atoms with Crippen molar-refractivity contribution in [2.45, 2.75) is 82.8 Å². The fraction of sp³-hybridized carbons (Fsp3) is 0.762. The van der Waals surface area contributed by atoms with Gasteiger partial charge in [-0.2, -0.15) is 5.48 Å². The molecule has 1 saturated carbocycles. The van der Waals surface area contributed by atoms with Crippen LogP contribution in [0.2, 0.25) is 0 Å². The number of ether oxygens (including phenoxy) is 1. The molecule has 5 atom stereocenters. The summed E-state index contributed by atoms with van der Waals surface area (Å²) in [7, 11) is 1.39. The summed E-state index contributed by atoms with van der Waals surface area (Å²) in [6, 6.07) is -0.449. The van der Waals surface area contributed by atoms with Gasteiger partial charge in [-0.05, 0) is 43.9 Å². The highest BCUT2D eigenvalue weighted by molar-refractivity contribution is 5.69. The normalized spacial score (nSPS) is 25.8. The average molecular weight is 414 g/mol. The maximum Gasteiger partial charge on any atom is 0.305 e. The second-order valence-electron chi connectivity index (χ2n) is 7.74. The molecule has 8 nitrogen and oxygen atoms in total. The molecular weight excluding hydrogens is 374 g/mol. The summed E-state index contributed by atoms with van der Waals surface area (Å²) in [5.74, 6) is -0.106. The van der Waals surface area contributed by atoms with E-state index in [0.717, 1.165) is 44.9 Å². The van der Waals surface area contributed by atoms with Gasteiger partial charge in [0.05, 0.1) is 7.11 Å². The van der Waals surface area contributed by atoms with Gasteiger partial charge in [0.1, 0.15) is 0 Å². The first-order chi connectivity index (χ1) is 14.1. The molecule has 1 fully saturated rings. The van der Waals surface area contributed by atoms with E-state index in [-0.39, 0.29) is 35.9 Å². The molecule has 6 N–H and O–H groups in total. The molecule has 1 aliphatic rings. The van der Waals surface area contributed by atoms with Gasteiger partial charge < -0.3 is 20.4 Å². The Morgan fingerprint density at radius 3 is 2.52 bits per heavy atom. The number of methoxy groups -OCH3 is 1. The van der Waals surface area contributed by atoms with E-state index in [1.165, 1.54) is 7.11 Å². The lowest BCUT2D eigenvalue weighted by molar-refractivity contribution is -0.140. The molecule has 0 unspecified atom stereocenters. The van der Waals surface area contributed by atoms with E-state index in [0.29, 0.717) is 12.8 Å². The van der Waals surface area contributed by atoms with E-state index in [1.54, 1.807) is 0 Å². The third-order valence-corrected chi connectivity index (χ3v) is 5.72. The maximum atomic E-state index is 11.1. The predicted octanol–water partition coefficient (Wildman–Crippen LogP) is 3.09. The van der Waals surface area contributed by atoms with Gasteiger partial charge >= 0.3 is 5.97 Å². The number of rotatable bonds is 15. The molecule has 0 bridgehead atoms. The summed E-state index contributed by atoms with van der Waals surface area (Å²) in [5.41, 5.74) is 7.10. The zero-order chi connectivity index (χ0) is 21.5. The van der Waals surface area contributed by atoms with E-state index in [4.69, 9.17) is 0 Å². The molecule has 0 aromatic carbocycles. The summed E-state index contributed by atoms with van der Waals surface area (Å²) in [4.78, 5) is 11.1. The Labute approximate surface area is 174 Å². The molecule has 0 heterocycles. The molecular formula is C21H39N3O5. The van der Waals surface area contributed by atoms with Crippen LogP contribution < -0.4 is 16.4 Å². The van der Waals surface area contributed by atoms with E-state index < -0.39 is 0 Å². The van der Waals surface area contributed by atoms with Crippen molar-refractivity contribution in [3.63, 3.8) is 0 Å². The average Bonchev–Trinajstić information content (AvgIpc) is 3.09. The van der Waals surface area contributed by atoms with Gasteiger partial charge in [0.25, 0.3) is 0 Å². The first kappa shape index (κ1) is 25.7. The van der Waals surface area contributed by atoms with Gasteiger partial charge in [0, 0.05) is 24.5 Å². The van der Waals surface area contributed by atoms with Crippen LogP contribution in [0.25, 0.3) is 0 Å². The summed E-state index contributed by atoms with van der Waals surface area (Å²) in [6.07, 6.45) is 15.5. The molecule has 1 aliphatic carbocycles. The van der Waals surface area contributed by atoms with Crippen LogP contribution in [0.5, 0.6) is 0 Å². The van der Waals surface area contributed by atoms with Crippen molar-refractivity contribution in [2.24, 2.45) is 11.8 Å². The zero-order valence-electron chi connectivity index (χ0n) is 17.7. The minimum absolute atomic E-state index is 0.00592. The van der Waals surface area contributed by atoms with Crippen LogP contribution >= 0.6 is 0 Å². The molecule has 8 heteroatoms. The van der Waals surface area contributed by atoms with E-state index in [2.05, 4.69) is 34.2 Å². The van der Waals surface area contributed by atoms with Gasteiger partial charge in [-0.25, -0.2) is 11.0 Å². The summed E-state index contributed by atoms with van der Waals surface area (Å²) in [5, 5.41) is 28.5. The molecule has 168 valence electrons. The number of unbranched alkanes of at least 4 members (excludes halogenated alkanes) is 3. The Bertz CT molecular complexity index is 501. The highest BCUT2D eigenvalue weighted by atomic mass is 16.5. The largest absolute Gasteiger partial charge is 0.469 e. The Kier molecular flexibility index (Phi) is 13.8. The van der Waals surface area contributed by atoms with Crippen molar-refractivity contribution in [3.05, 3.63) is 24.3 Å². The van der Waals surface area contributed by atoms with Crippen LogP contribution in [0.4, 0.5) is 0 Å². The van der Waals surface area contributed by atoms with E-state index in [9.17, 15) is 20.4 Å². The lowest BCUT2D eigenvalue weighted by Gasteiger charge is -2.23. The summed E-state index contributed by atoms with van der Waals surface area (Å²) < 4.78 is 4.63. The van der Waals surface area contributed by atoms with Crippen molar-refractivity contribution < 1.29 is 25.2 Å². The lowest BCUT2D eigenvalue weighted by atomic mass is 9.88. The van der Waals surface area contributed by atoms with Gasteiger partial charge in [0.15, 0.2) is 0 Å². The molecule has 0 aliphatic heterocycles. The number of carbonyl (C=O) groups is 1. The minimum atomic E-state index is -0.202. The quantitative estimate of drug-likeness (QED) is 0.105. The fourth-order valence-corrected chi connectivity index (χ4v) is 3.98. The van der Waals surface area contributed by atoms with Crippen LogP contribution in [0.3, 0.4) is 0 Å². The van der Waals surface area contributed by atoms with Crippen LogP contribution in [-0.4, -0.2) is 46.8 Å². The molecule has 1 rings (SSSR count). The number of hydroxylamine groups is 3. The number of esters is 1. The molecule has 0 aromatic rings. The molecule has 0 saturated heterocycles. The van der Waals surface area contributed by atoms with Gasteiger partial charge in [-0.15, -0.1) is 0 Å². The molecule has 0 amide bonds. The SMILES string of the molecule is CCCCC[C@H](C=C[C@@H]1[C@@H](CC=CCCCC(=O)OC)[C@@H](NO)C[C@H]1NO)NO. The Hall–Kier alpha value is -1.29. The Balaban J connectivity index is 2.66. The molecule has 0 spiro atoms. The van der Waals surface area contributed by atoms with Gasteiger partial charge in [-0.3, -0.25) is 4.79 Å². The number of nitrogens with one attached hydrogen (secondary N) is 3. The summed E-state index contributed by atoms with van der Waals surface area (Å²) in [6.45, 7) is 2.14. The smallest absolute Gasteiger partial charge is 0.305 e. The van der Waals surface area contributed by atoms with Crippen molar-refractivity contribution in [2.75, 3.05) is 7.11 Å². The topological polar surface area (TPSA) is 123 Å². The highest BCUT2D eigenvalue weighted by Gasteiger charge is 2.41. The first-order valence-corrected chi connectivity index (χ1v) is 10.7. The van der Waals surface area contributed by atoms with Crippen molar-refractivity contribution >= 4 is 5.97 Å². The number of hydrogen-bond acceptors (Lipinski definition) is 8. The molecule has 0 radical (unpaired) electrons. The fourth-order valence-electron chi connectivity index (χ4n) is 3.98. The zero-order valence-corrected chi connectivity index (χ0v) is 17.7. The monoisotopic (exact) mass is 413 g/mol. The van der Waals surface area contributed by atoms with Crippen molar-refractivity contribution in [3.8, 4) is 0 Å². The van der Waals surface area contributed by atoms with Crippen LogP contribution in [0.15, 0.2) is 24.3 Å². The third-order valence-electron chi connectivity index (χ3n) is 5.72. The molecule has 29 heavy (non-hydrogen) atoms. The third kappa shape index (κ3) is 9.37. The maximum absolute atomic E-state index is 11.1. The second kappa shape index (κ2) is 15.5. The number of carbonyl (C=O) groups excluding carboxylic acids is 1. The molecule has 0 aromatic heterocycles. The Morgan fingerprint density at radius 1 is 1.14 bits per heavy atom. The van der Waals surface area contributed by atoms with Crippen LogP contribution in [-0.2, 0) is 9.53 Å². The highest BCUT2D eigenvalue weighted by Crippen LogP contribution is 2.36. The van der Waals surface area contributed by atoms with E-state index >= 15 is 0 Å². The standard InChI is InChI=1S/C21H39N3O5/c1-3-4-7-10-16(22-26)13-14-18-17(19(23-27)15-20(18)24-28)11-8-5-6-9-12-21(25)29-2/h5,8,13-14,16-20,22-24,26-28H,3-4,6-7,9-12,15H2,1-2H3/t16-,17-,18-,19+,20-/m1/s1. The van der Waals surface area contributed by atoms with Crippen LogP contribution in [0.1, 0.15) is 64.7 Å². The minimum Gasteiger partial charge on any atom is -0.469 e. The Morgan fingerprint density at radius 2 is 1.90 bits per heavy atom. The second-order valence-corrected chi connectivity index (χ2v) is 7.74.